The molecule has 0 aliphatic heterocycles. The number of carbonyl (C=O) groups excluding carboxylic acids is 3. The molecule has 156 valence electrons. The molecule has 0 aromatic heterocycles. The van der Waals surface area contributed by atoms with Crippen molar-refractivity contribution in [2.24, 2.45) is 0 Å². The number of hydrogen-bond acceptors (Lipinski definition) is 6. The van der Waals surface area contributed by atoms with Gasteiger partial charge < -0.3 is 14.2 Å². The van der Waals surface area contributed by atoms with Crippen molar-refractivity contribution in [3.8, 4) is 0 Å². The number of ether oxygens (including phenoxy) is 3. The van der Waals surface area contributed by atoms with Gasteiger partial charge in [-0.3, -0.25) is 14.4 Å². The summed E-state index contributed by atoms with van der Waals surface area (Å²) in [7, 11) is 0. The maximum atomic E-state index is 13.3. The lowest BCUT2D eigenvalue weighted by Gasteiger charge is -2.34. The molecular formula is C21H29ClO6. The Balaban J connectivity index is 3.63. The molecule has 0 bridgehead atoms. The zero-order chi connectivity index (χ0) is 21.8. The highest BCUT2D eigenvalue weighted by Crippen LogP contribution is 2.36. The molecule has 0 aliphatic rings. The van der Waals surface area contributed by atoms with Gasteiger partial charge in [-0.05, 0) is 66.2 Å². The number of rotatable bonds is 6. The van der Waals surface area contributed by atoms with Crippen LogP contribution in [0.15, 0.2) is 24.3 Å². The summed E-state index contributed by atoms with van der Waals surface area (Å²) in [4.78, 5) is 38.9. The molecule has 0 radical (unpaired) electrons. The standard InChI is InChI=1S/C21H29ClO6/c1-8-26-16(23)13-21(17(24)27-19(2,3)4,18(25)28-20(5,6)7)14-9-11-15(22)12-10-14/h9-12H,8,13H2,1-7H3. The molecule has 0 fully saturated rings. The van der Waals surface area contributed by atoms with Crippen LogP contribution >= 0.6 is 11.6 Å². The molecular weight excluding hydrogens is 384 g/mol. The maximum Gasteiger partial charge on any atom is 0.329 e. The number of benzene rings is 1. The summed E-state index contributed by atoms with van der Waals surface area (Å²) >= 11 is 5.97. The molecule has 1 aromatic rings. The van der Waals surface area contributed by atoms with E-state index in [9.17, 15) is 14.4 Å². The number of halogens is 1. The van der Waals surface area contributed by atoms with Crippen molar-refractivity contribution in [1.29, 1.82) is 0 Å². The summed E-state index contributed by atoms with van der Waals surface area (Å²) in [6.07, 6.45) is -0.549. The van der Waals surface area contributed by atoms with Gasteiger partial charge in [0.25, 0.3) is 0 Å². The lowest BCUT2D eigenvalue weighted by molar-refractivity contribution is -0.181. The fourth-order valence-electron chi connectivity index (χ4n) is 2.46. The maximum absolute atomic E-state index is 13.3. The van der Waals surface area contributed by atoms with Gasteiger partial charge >= 0.3 is 17.9 Å². The zero-order valence-electron chi connectivity index (χ0n) is 17.6. The normalized spacial score (nSPS) is 12.3. The van der Waals surface area contributed by atoms with Crippen LogP contribution in [0.4, 0.5) is 0 Å². The van der Waals surface area contributed by atoms with E-state index >= 15 is 0 Å². The molecule has 0 atom stereocenters. The minimum atomic E-state index is -2.02. The fourth-order valence-corrected chi connectivity index (χ4v) is 2.58. The van der Waals surface area contributed by atoms with Gasteiger partial charge in [0.1, 0.15) is 11.2 Å². The summed E-state index contributed by atoms with van der Waals surface area (Å²) in [6, 6.07) is 6.09. The van der Waals surface area contributed by atoms with E-state index in [0.717, 1.165) is 0 Å². The topological polar surface area (TPSA) is 78.9 Å². The summed E-state index contributed by atoms with van der Waals surface area (Å²) in [5.74, 6) is -2.48. The molecule has 7 heteroatoms. The largest absolute Gasteiger partial charge is 0.466 e. The molecule has 0 saturated carbocycles. The second-order valence-corrected chi connectivity index (χ2v) is 8.83. The molecule has 0 heterocycles. The van der Waals surface area contributed by atoms with Crippen LogP contribution in [0.3, 0.4) is 0 Å². The van der Waals surface area contributed by atoms with Crippen LogP contribution < -0.4 is 0 Å². The first-order valence-electron chi connectivity index (χ1n) is 9.10. The van der Waals surface area contributed by atoms with E-state index in [2.05, 4.69) is 0 Å². The second-order valence-electron chi connectivity index (χ2n) is 8.40. The van der Waals surface area contributed by atoms with Gasteiger partial charge in [-0.2, -0.15) is 0 Å². The van der Waals surface area contributed by atoms with Crippen molar-refractivity contribution in [2.75, 3.05) is 6.61 Å². The lowest BCUT2D eigenvalue weighted by Crippen LogP contribution is -2.51. The highest BCUT2D eigenvalue weighted by atomic mass is 35.5. The van der Waals surface area contributed by atoms with Crippen molar-refractivity contribution in [2.45, 2.75) is 71.5 Å². The fraction of sp³-hybridized carbons (Fsp3) is 0.571. The second kappa shape index (κ2) is 8.95. The van der Waals surface area contributed by atoms with Gasteiger partial charge in [-0.15, -0.1) is 0 Å². The molecule has 0 spiro atoms. The third-order valence-electron chi connectivity index (χ3n) is 3.55. The predicted molar refractivity (Wildman–Crippen MR) is 106 cm³/mol. The van der Waals surface area contributed by atoms with E-state index in [4.69, 9.17) is 25.8 Å². The Morgan fingerprint density at radius 3 is 1.64 bits per heavy atom. The average Bonchev–Trinajstić information content (AvgIpc) is 2.50. The van der Waals surface area contributed by atoms with Crippen LogP contribution in [0.1, 0.15) is 60.5 Å². The van der Waals surface area contributed by atoms with Crippen LogP contribution in [0.25, 0.3) is 0 Å². The van der Waals surface area contributed by atoms with E-state index in [0.29, 0.717) is 5.02 Å². The first-order chi connectivity index (χ1) is 12.7. The Morgan fingerprint density at radius 1 is 0.857 bits per heavy atom. The van der Waals surface area contributed by atoms with Gasteiger partial charge in [0.2, 0.25) is 0 Å². The summed E-state index contributed by atoms with van der Waals surface area (Å²) in [5.41, 5.74) is -3.54. The Labute approximate surface area is 171 Å². The Kier molecular flexibility index (Phi) is 7.66. The van der Waals surface area contributed by atoms with Gasteiger partial charge in [0.05, 0.1) is 13.0 Å². The Hall–Kier alpha value is -2.08. The summed E-state index contributed by atoms with van der Waals surface area (Å²) in [5, 5.41) is 0.419. The monoisotopic (exact) mass is 412 g/mol. The van der Waals surface area contributed by atoms with Gasteiger partial charge in [-0.1, -0.05) is 23.7 Å². The first kappa shape index (κ1) is 24.0. The molecule has 1 aromatic carbocycles. The highest BCUT2D eigenvalue weighted by molar-refractivity contribution is 6.30. The molecule has 6 nitrogen and oxygen atoms in total. The minimum Gasteiger partial charge on any atom is -0.466 e. The Morgan fingerprint density at radius 2 is 1.29 bits per heavy atom. The van der Waals surface area contributed by atoms with Gasteiger partial charge in [-0.25, -0.2) is 0 Å². The molecule has 1 rings (SSSR count). The molecule has 0 amide bonds. The van der Waals surface area contributed by atoms with Gasteiger partial charge in [0.15, 0.2) is 5.41 Å². The van der Waals surface area contributed by atoms with E-state index in [1.165, 1.54) is 24.3 Å². The third kappa shape index (κ3) is 6.51. The SMILES string of the molecule is CCOC(=O)CC(C(=O)OC(C)(C)C)(C(=O)OC(C)(C)C)c1ccc(Cl)cc1. The van der Waals surface area contributed by atoms with Crippen LogP contribution in [-0.2, 0) is 34.0 Å². The van der Waals surface area contributed by atoms with E-state index in [1.54, 1.807) is 48.5 Å². The number of esters is 3. The number of carbonyl (C=O) groups is 3. The van der Waals surface area contributed by atoms with E-state index in [1.807, 2.05) is 0 Å². The predicted octanol–water partition coefficient (Wildman–Crippen LogP) is 4.21. The van der Waals surface area contributed by atoms with Gasteiger partial charge in [0, 0.05) is 5.02 Å². The molecule has 28 heavy (non-hydrogen) atoms. The van der Waals surface area contributed by atoms with Crippen LogP contribution in [-0.4, -0.2) is 35.7 Å². The van der Waals surface area contributed by atoms with Crippen LogP contribution in [0.2, 0.25) is 5.02 Å². The molecule has 0 aliphatic carbocycles. The van der Waals surface area contributed by atoms with E-state index in [-0.39, 0.29) is 12.2 Å². The van der Waals surface area contributed by atoms with Crippen molar-refractivity contribution in [1.82, 2.24) is 0 Å². The average molecular weight is 413 g/mol. The lowest BCUT2D eigenvalue weighted by atomic mass is 9.77. The molecule has 0 N–H and O–H groups in total. The highest BCUT2D eigenvalue weighted by Gasteiger charge is 2.54. The van der Waals surface area contributed by atoms with Crippen LogP contribution in [0, 0.1) is 0 Å². The summed E-state index contributed by atoms with van der Waals surface area (Å²) < 4.78 is 16.1. The quantitative estimate of drug-likeness (QED) is 0.395. The number of hydrogen-bond donors (Lipinski definition) is 0. The summed E-state index contributed by atoms with van der Waals surface area (Å²) in [6.45, 7) is 11.8. The van der Waals surface area contributed by atoms with Crippen molar-refractivity contribution >= 4 is 29.5 Å². The molecule has 0 saturated heterocycles. The first-order valence-corrected chi connectivity index (χ1v) is 9.47. The zero-order valence-corrected chi connectivity index (χ0v) is 18.3. The third-order valence-corrected chi connectivity index (χ3v) is 3.80. The molecule has 0 unspecified atom stereocenters. The smallest absolute Gasteiger partial charge is 0.329 e. The minimum absolute atomic E-state index is 0.109. The van der Waals surface area contributed by atoms with Crippen LogP contribution in [0.5, 0.6) is 0 Å². The van der Waals surface area contributed by atoms with Crippen molar-refractivity contribution in [3.05, 3.63) is 34.9 Å². The van der Waals surface area contributed by atoms with Crippen molar-refractivity contribution in [3.63, 3.8) is 0 Å². The van der Waals surface area contributed by atoms with E-state index < -0.39 is 40.9 Å². The Bertz CT molecular complexity index is 682. The van der Waals surface area contributed by atoms with Crippen molar-refractivity contribution < 1.29 is 28.6 Å².